The van der Waals surface area contributed by atoms with E-state index in [0.717, 1.165) is 18.5 Å². The van der Waals surface area contributed by atoms with Crippen LogP contribution in [0, 0.1) is 13.1 Å². The van der Waals surface area contributed by atoms with E-state index in [1.807, 2.05) is 24.3 Å². The molecule has 3 aromatic carbocycles. The lowest BCUT2D eigenvalue weighted by Gasteiger charge is -2.24. The lowest BCUT2D eigenvalue weighted by Crippen LogP contribution is -2.23. The third kappa shape index (κ3) is 11.9. The van der Waals surface area contributed by atoms with Crippen LogP contribution in [0.1, 0.15) is 87.4 Å². The number of likely N-dealkylation sites (tertiary alicyclic amines) is 2. The van der Waals surface area contributed by atoms with Gasteiger partial charge in [0.1, 0.15) is 5.75 Å². The van der Waals surface area contributed by atoms with Gasteiger partial charge in [-0.2, -0.15) is 0 Å². The maximum absolute atomic E-state index is 10.8. The Labute approximate surface area is 265 Å². The fraction of sp³-hybridized carbons (Fsp3) is 0.432. The van der Waals surface area contributed by atoms with E-state index in [4.69, 9.17) is 23.0 Å². The summed E-state index contributed by atoms with van der Waals surface area (Å²) in [6.45, 7) is 24.5. The summed E-state index contributed by atoms with van der Waals surface area (Å²) in [7, 11) is 2.71. The van der Waals surface area contributed by atoms with Gasteiger partial charge in [-0.25, -0.2) is 9.69 Å². The molecule has 7 nitrogen and oxygen atoms in total. The van der Waals surface area contributed by atoms with Crippen LogP contribution in [0.15, 0.2) is 72.8 Å². The van der Waals surface area contributed by atoms with Crippen molar-refractivity contribution < 1.29 is 14.6 Å². The number of methoxy groups -OCH3 is 1. The lowest BCUT2D eigenvalue weighted by molar-refractivity contribution is 0.101. The van der Waals surface area contributed by atoms with E-state index in [0.29, 0.717) is 23.3 Å². The minimum Gasteiger partial charge on any atom is -0.497 e. The maximum Gasteiger partial charge on any atom is 0.187 e. The summed E-state index contributed by atoms with van der Waals surface area (Å²) in [5.74, 6) is 0.967. The Kier molecular flexibility index (Phi) is 18.0. The number of hydrogen-bond acceptors (Lipinski definition) is 5. The predicted octanol–water partition coefficient (Wildman–Crippen LogP) is 8.93. The van der Waals surface area contributed by atoms with Gasteiger partial charge in [0.25, 0.3) is 0 Å². The second-order valence-corrected chi connectivity index (χ2v) is 10.5. The average Bonchev–Trinajstić information content (AvgIpc) is 3.82. The second kappa shape index (κ2) is 20.8. The van der Waals surface area contributed by atoms with Gasteiger partial charge in [0, 0.05) is 24.8 Å². The molecule has 2 atom stereocenters. The van der Waals surface area contributed by atoms with Crippen molar-refractivity contribution in [3.8, 4) is 5.75 Å². The third-order valence-corrected chi connectivity index (χ3v) is 7.88. The molecule has 0 saturated carbocycles. The number of Topliss-reactive ketones (excluding diaryl/α,β-unsaturated/α-hetero) is 1. The van der Waals surface area contributed by atoms with Crippen molar-refractivity contribution in [3.05, 3.63) is 112 Å². The first-order valence-electron chi connectivity index (χ1n) is 14.9. The van der Waals surface area contributed by atoms with Crippen molar-refractivity contribution in [1.82, 2.24) is 9.80 Å². The number of ketones is 1. The van der Waals surface area contributed by atoms with Crippen LogP contribution in [0.25, 0.3) is 9.69 Å². The monoisotopic (exact) mass is 598 g/mol. The van der Waals surface area contributed by atoms with Crippen LogP contribution in [-0.2, 0) is 0 Å². The van der Waals surface area contributed by atoms with Crippen LogP contribution >= 0.6 is 0 Å². The fourth-order valence-electron chi connectivity index (χ4n) is 5.16. The lowest BCUT2D eigenvalue weighted by atomic mass is 10.1. The van der Waals surface area contributed by atoms with Crippen LogP contribution in [0.5, 0.6) is 5.75 Å². The zero-order valence-electron chi connectivity index (χ0n) is 26.3. The van der Waals surface area contributed by atoms with Crippen molar-refractivity contribution in [2.75, 3.05) is 40.4 Å². The molecular weight excluding hydrogens is 548 g/mol. The van der Waals surface area contributed by atoms with E-state index in [9.17, 15) is 4.79 Å². The molecular formula is C37H50N4O3. The molecule has 7 heteroatoms. The van der Waals surface area contributed by atoms with Crippen molar-refractivity contribution >= 4 is 17.2 Å². The number of aliphatic hydroxyl groups excluding tert-OH is 1. The van der Waals surface area contributed by atoms with E-state index in [-0.39, 0.29) is 13.2 Å². The molecule has 0 aliphatic carbocycles. The van der Waals surface area contributed by atoms with Gasteiger partial charge in [-0.05, 0) is 95.9 Å². The molecule has 236 valence electrons. The molecule has 0 aromatic heterocycles. The van der Waals surface area contributed by atoms with Crippen molar-refractivity contribution in [2.24, 2.45) is 0 Å². The highest BCUT2D eigenvalue weighted by Crippen LogP contribution is 2.27. The Bertz CT molecular complexity index is 1300. The topological polar surface area (TPSA) is 61.7 Å². The van der Waals surface area contributed by atoms with Crippen molar-refractivity contribution in [1.29, 1.82) is 0 Å². The molecule has 2 heterocycles. The number of rotatable bonds is 6. The second-order valence-electron chi connectivity index (χ2n) is 10.5. The number of ether oxygens (including phenoxy) is 1. The van der Waals surface area contributed by atoms with Gasteiger partial charge in [-0.3, -0.25) is 14.6 Å². The zero-order chi connectivity index (χ0) is 31.6. The Morgan fingerprint density at radius 3 is 1.36 bits per heavy atom. The first kappa shape index (κ1) is 38.0. The number of carbonyl (C=O) groups excluding carboxylic acids is 1. The largest absolute Gasteiger partial charge is 0.497 e. The van der Waals surface area contributed by atoms with E-state index in [1.165, 1.54) is 69.9 Å². The van der Waals surface area contributed by atoms with E-state index >= 15 is 0 Å². The molecule has 2 aliphatic rings. The summed E-state index contributed by atoms with van der Waals surface area (Å²) in [6, 6.07) is 24.0. The number of hydrogen-bond donors (Lipinski definition) is 1. The first-order valence-corrected chi connectivity index (χ1v) is 14.9. The van der Waals surface area contributed by atoms with Gasteiger partial charge >= 0.3 is 0 Å². The summed E-state index contributed by atoms with van der Waals surface area (Å²) in [4.78, 5) is 22.4. The van der Waals surface area contributed by atoms with E-state index < -0.39 is 0 Å². The first-order chi connectivity index (χ1) is 20.9. The van der Waals surface area contributed by atoms with E-state index in [1.54, 1.807) is 31.4 Å². The number of carbonyl (C=O) groups is 1. The normalized spacial score (nSPS) is 15.2. The molecule has 0 radical (unpaired) electrons. The van der Waals surface area contributed by atoms with Crippen LogP contribution in [-0.4, -0.2) is 61.1 Å². The molecule has 0 spiro atoms. The Balaban J connectivity index is 0.000000321. The molecule has 0 amide bonds. The SMILES string of the molecule is C.CO.COc1ccc(C(C)N2CCCC2)cc1.[C-]#[N+]c1ccc(C(C)=O)cc1.[C-]#[N+]c1ccc(C(C)N2CCCC2)cc1. The molecule has 5 rings (SSSR count). The number of aliphatic hydroxyl groups is 1. The molecule has 2 unspecified atom stereocenters. The highest BCUT2D eigenvalue weighted by Gasteiger charge is 2.20. The highest BCUT2D eigenvalue weighted by atomic mass is 16.5. The van der Waals surface area contributed by atoms with Gasteiger partial charge in [-0.15, -0.1) is 0 Å². The van der Waals surface area contributed by atoms with Crippen LogP contribution in [0.2, 0.25) is 0 Å². The molecule has 3 aromatic rings. The summed E-state index contributed by atoms with van der Waals surface area (Å²) in [5.41, 5.74) is 4.65. The highest BCUT2D eigenvalue weighted by molar-refractivity contribution is 5.94. The van der Waals surface area contributed by atoms with Gasteiger partial charge in [0.05, 0.1) is 20.3 Å². The minimum atomic E-state index is 0. The predicted molar refractivity (Wildman–Crippen MR) is 182 cm³/mol. The molecule has 2 fully saturated rings. The fourth-order valence-corrected chi connectivity index (χ4v) is 5.16. The Morgan fingerprint density at radius 1 is 0.705 bits per heavy atom. The van der Waals surface area contributed by atoms with Crippen LogP contribution < -0.4 is 4.74 Å². The smallest absolute Gasteiger partial charge is 0.187 e. The third-order valence-electron chi connectivity index (χ3n) is 7.88. The van der Waals surface area contributed by atoms with Gasteiger partial charge < -0.3 is 9.84 Å². The average molecular weight is 599 g/mol. The van der Waals surface area contributed by atoms with Gasteiger partial charge in [-0.1, -0.05) is 68.1 Å². The van der Waals surface area contributed by atoms with Crippen molar-refractivity contribution in [3.63, 3.8) is 0 Å². The molecule has 1 N–H and O–H groups in total. The summed E-state index contributed by atoms with van der Waals surface area (Å²) >= 11 is 0. The summed E-state index contributed by atoms with van der Waals surface area (Å²) < 4.78 is 5.16. The quantitative estimate of drug-likeness (QED) is 0.227. The number of benzene rings is 3. The van der Waals surface area contributed by atoms with Crippen LogP contribution in [0.3, 0.4) is 0 Å². The molecule has 2 aliphatic heterocycles. The van der Waals surface area contributed by atoms with Crippen molar-refractivity contribution in [2.45, 2.75) is 66.0 Å². The summed E-state index contributed by atoms with van der Waals surface area (Å²) in [6.07, 6.45) is 5.34. The van der Waals surface area contributed by atoms with Gasteiger partial charge in [0.2, 0.25) is 0 Å². The standard InChI is InChI=1S/C13H16N2.C13H19NO.C9H7NO.CH4O.CH4/c1-11(15-9-3-4-10-15)12-5-7-13(14-2)8-6-12;1-11(14-9-3-4-10-14)12-5-7-13(15-2)8-6-12;1-7(11)8-3-5-9(10-2)6-4-8;1-2;/h5-8,11H,3-4,9-10H2,1H3;5-8,11H,3-4,9-10H2,1-2H3;3-6H,1H3;2H,1H3;1H4. The maximum atomic E-state index is 10.8. The Hall–Kier alpha value is -4.01. The molecule has 2 saturated heterocycles. The van der Waals surface area contributed by atoms with Crippen LogP contribution in [0.4, 0.5) is 11.4 Å². The minimum absolute atomic E-state index is 0. The Morgan fingerprint density at radius 2 is 1.05 bits per heavy atom. The van der Waals surface area contributed by atoms with Gasteiger partial charge in [0.15, 0.2) is 17.2 Å². The number of nitrogens with zero attached hydrogens (tertiary/aromatic N) is 4. The zero-order valence-corrected chi connectivity index (χ0v) is 26.3. The van der Waals surface area contributed by atoms with E-state index in [2.05, 4.69) is 57.6 Å². The molecule has 44 heavy (non-hydrogen) atoms. The molecule has 0 bridgehead atoms. The summed E-state index contributed by atoms with van der Waals surface area (Å²) in [5, 5.41) is 7.00.